The van der Waals surface area contributed by atoms with Gasteiger partial charge in [0.25, 0.3) is 0 Å². The van der Waals surface area contributed by atoms with E-state index in [0.717, 1.165) is 5.52 Å². The van der Waals surface area contributed by atoms with Crippen LogP contribution in [0.4, 0.5) is 5.00 Å². The number of thioether (sulfide) groups is 1. The van der Waals surface area contributed by atoms with Crippen molar-refractivity contribution in [3.63, 3.8) is 0 Å². The van der Waals surface area contributed by atoms with Crippen LogP contribution in [0.5, 0.6) is 0 Å². The van der Waals surface area contributed by atoms with Crippen LogP contribution in [0.15, 0.2) is 39.7 Å². The molecule has 3 rings (SSSR count). The second-order valence-electron chi connectivity index (χ2n) is 6.49. The molecule has 1 aromatic carbocycles. The van der Waals surface area contributed by atoms with Gasteiger partial charge in [-0.15, -0.1) is 11.3 Å². The third kappa shape index (κ3) is 4.77. The lowest BCUT2D eigenvalue weighted by atomic mass is 10.3. The minimum Gasteiger partial charge on any atom is -0.319 e. The Morgan fingerprint density at radius 1 is 1.29 bits per heavy atom. The lowest BCUT2D eigenvalue weighted by Crippen LogP contribution is -2.30. The van der Waals surface area contributed by atoms with E-state index in [1.165, 1.54) is 27.4 Å². The maximum absolute atomic E-state index is 12.8. The first-order chi connectivity index (χ1) is 14.8. The molecule has 0 atom stereocenters. The van der Waals surface area contributed by atoms with Crippen molar-refractivity contribution in [1.82, 2.24) is 13.9 Å². The van der Waals surface area contributed by atoms with Gasteiger partial charge >= 0.3 is 0 Å². The highest BCUT2D eigenvalue weighted by Gasteiger charge is 2.23. The molecule has 0 aliphatic rings. The molecule has 0 aliphatic heterocycles. The summed E-state index contributed by atoms with van der Waals surface area (Å²) in [4.78, 5) is 17.1. The van der Waals surface area contributed by atoms with Gasteiger partial charge in [-0.2, -0.15) is 9.57 Å². The Morgan fingerprint density at radius 2 is 2.03 bits per heavy atom. The topological polar surface area (TPSA) is 108 Å². The zero-order valence-electron chi connectivity index (χ0n) is 17.5. The number of nitrogens with zero attached hydrogens (tertiary/aromatic N) is 4. The summed E-state index contributed by atoms with van der Waals surface area (Å²) >= 11 is 2.57. The molecule has 0 aliphatic carbocycles. The third-order valence-electron chi connectivity index (χ3n) is 4.72. The summed E-state index contributed by atoms with van der Waals surface area (Å²) in [6, 6.07) is 8.66. The summed E-state index contributed by atoms with van der Waals surface area (Å²) in [6.07, 6.45) is 0. The molecule has 3 aromatic rings. The van der Waals surface area contributed by atoms with Crippen LogP contribution in [0, 0.1) is 11.3 Å². The summed E-state index contributed by atoms with van der Waals surface area (Å²) in [7, 11) is -3.58. The molecule has 31 heavy (non-hydrogen) atoms. The number of thiophene rings is 1. The van der Waals surface area contributed by atoms with Gasteiger partial charge in [0.1, 0.15) is 11.1 Å². The molecular formula is C20H23N5O3S3. The number of carbonyl (C=O) groups excluding carboxylic acids is 1. The van der Waals surface area contributed by atoms with Crippen LogP contribution in [0.25, 0.3) is 11.0 Å². The number of amides is 1. The van der Waals surface area contributed by atoms with Crippen molar-refractivity contribution in [1.29, 1.82) is 5.26 Å². The molecule has 0 unspecified atom stereocenters. The van der Waals surface area contributed by atoms with E-state index in [2.05, 4.69) is 10.3 Å². The molecule has 2 heterocycles. The van der Waals surface area contributed by atoms with Gasteiger partial charge in [-0.25, -0.2) is 13.4 Å². The first kappa shape index (κ1) is 23.3. The van der Waals surface area contributed by atoms with Crippen LogP contribution in [-0.4, -0.2) is 47.0 Å². The van der Waals surface area contributed by atoms with Crippen LogP contribution in [-0.2, 0) is 21.4 Å². The summed E-state index contributed by atoms with van der Waals surface area (Å²) in [5.74, 6) is -0.111. The zero-order valence-corrected chi connectivity index (χ0v) is 19.9. The van der Waals surface area contributed by atoms with E-state index in [4.69, 9.17) is 5.26 Å². The standard InChI is InChI=1S/C20H23N5O3S3/c1-4-24(5-2)31(27,28)15-7-8-17-16(11-15)22-20(25(17)6-3)30-13-18(26)23-19-14(12-21)9-10-29-19/h7-11H,4-6,13H2,1-3H3,(H,23,26). The number of fused-ring (bicyclic) bond motifs is 1. The van der Waals surface area contributed by atoms with Crippen LogP contribution < -0.4 is 5.32 Å². The minimum absolute atomic E-state index is 0.122. The highest BCUT2D eigenvalue weighted by molar-refractivity contribution is 7.99. The van der Waals surface area contributed by atoms with Crippen molar-refractivity contribution in [3.8, 4) is 6.07 Å². The monoisotopic (exact) mass is 477 g/mol. The van der Waals surface area contributed by atoms with Gasteiger partial charge in [-0.1, -0.05) is 25.6 Å². The molecule has 0 saturated carbocycles. The summed E-state index contributed by atoms with van der Waals surface area (Å²) in [6.45, 7) is 7.01. The number of hydrogen-bond donors (Lipinski definition) is 1. The number of anilines is 1. The molecular weight excluding hydrogens is 454 g/mol. The highest BCUT2D eigenvalue weighted by atomic mass is 32.2. The number of aromatic nitrogens is 2. The average molecular weight is 478 g/mol. The summed E-state index contributed by atoms with van der Waals surface area (Å²) in [5, 5.41) is 14.7. The van der Waals surface area contributed by atoms with E-state index < -0.39 is 10.0 Å². The van der Waals surface area contributed by atoms with Crippen LogP contribution in [0.3, 0.4) is 0 Å². The second-order valence-corrected chi connectivity index (χ2v) is 10.3. The lowest BCUT2D eigenvalue weighted by molar-refractivity contribution is -0.113. The number of carbonyl (C=O) groups is 1. The van der Waals surface area contributed by atoms with E-state index in [9.17, 15) is 13.2 Å². The van der Waals surface area contributed by atoms with Crippen molar-refractivity contribution in [3.05, 3.63) is 35.2 Å². The normalized spacial score (nSPS) is 11.7. The fraction of sp³-hybridized carbons (Fsp3) is 0.350. The molecule has 0 fully saturated rings. The number of benzene rings is 1. The van der Waals surface area contributed by atoms with Crippen molar-refractivity contribution in [2.45, 2.75) is 37.4 Å². The molecule has 11 heteroatoms. The van der Waals surface area contributed by atoms with Crippen LogP contribution in [0.1, 0.15) is 26.3 Å². The minimum atomic E-state index is -3.58. The molecule has 0 spiro atoms. The number of nitriles is 1. The first-order valence-corrected chi connectivity index (χ1v) is 13.1. The Bertz CT molecular complexity index is 1240. The van der Waals surface area contributed by atoms with Crippen molar-refractivity contribution in [2.24, 2.45) is 0 Å². The largest absolute Gasteiger partial charge is 0.319 e. The lowest BCUT2D eigenvalue weighted by Gasteiger charge is -2.18. The van der Waals surface area contributed by atoms with Gasteiger partial charge in [0.05, 0.1) is 27.2 Å². The predicted molar refractivity (Wildman–Crippen MR) is 124 cm³/mol. The maximum Gasteiger partial charge on any atom is 0.243 e. The number of imidazole rings is 1. The Balaban J connectivity index is 1.83. The quantitative estimate of drug-likeness (QED) is 0.470. The van der Waals surface area contributed by atoms with E-state index in [0.29, 0.717) is 40.9 Å². The fourth-order valence-corrected chi connectivity index (χ4v) is 6.27. The Morgan fingerprint density at radius 3 is 2.68 bits per heavy atom. The Kier molecular flexibility index (Phi) is 7.38. The highest BCUT2D eigenvalue weighted by Crippen LogP contribution is 2.28. The van der Waals surface area contributed by atoms with E-state index in [-0.39, 0.29) is 16.6 Å². The van der Waals surface area contributed by atoms with Gasteiger partial charge in [0, 0.05) is 19.6 Å². The van der Waals surface area contributed by atoms with Gasteiger partial charge in [-0.3, -0.25) is 4.79 Å². The second kappa shape index (κ2) is 9.82. The van der Waals surface area contributed by atoms with Crippen molar-refractivity contribution < 1.29 is 13.2 Å². The molecule has 0 saturated heterocycles. The van der Waals surface area contributed by atoms with Crippen molar-refractivity contribution in [2.75, 3.05) is 24.2 Å². The first-order valence-electron chi connectivity index (χ1n) is 9.76. The van der Waals surface area contributed by atoms with Gasteiger partial charge < -0.3 is 9.88 Å². The average Bonchev–Trinajstić information content (AvgIpc) is 3.35. The summed E-state index contributed by atoms with van der Waals surface area (Å²) < 4.78 is 29.0. The Hall–Kier alpha value is -2.39. The third-order valence-corrected chi connectivity index (χ3v) is 8.57. The smallest absolute Gasteiger partial charge is 0.243 e. The van der Waals surface area contributed by atoms with E-state index in [1.54, 1.807) is 43.5 Å². The molecule has 2 aromatic heterocycles. The maximum atomic E-state index is 12.8. The van der Waals surface area contributed by atoms with E-state index in [1.807, 2.05) is 17.6 Å². The SMILES string of the molecule is CCN(CC)S(=O)(=O)c1ccc2c(c1)nc(SCC(=O)Nc1sccc1C#N)n2CC. The number of nitrogens with one attached hydrogen (secondary N) is 1. The van der Waals surface area contributed by atoms with E-state index >= 15 is 0 Å². The van der Waals surface area contributed by atoms with Crippen molar-refractivity contribution >= 4 is 55.1 Å². The zero-order chi connectivity index (χ0) is 22.6. The molecule has 0 bridgehead atoms. The fourth-order valence-electron chi connectivity index (χ4n) is 3.16. The number of sulfonamides is 1. The molecule has 0 radical (unpaired) electrons. The molecule has 1 amide bonds. The Labute approximate surface area is 189 Å². The van der Waals surface area contributed by atoms with Gasteiger partial charge in [-0.05, 0) is 36.6 Å². The molecule has 1 N–H and O–H groups in total. The molecule has 164 valence electrons. The molecule has 8 nitrogen and oxygen atoms in total. The number of aryl methyl sites for hydroxylation is 1. The van der Waals surface area contributed by atoms with Gasteiger partial charge in [0.2, 0.25) is 15.9 Å². The number of hydrogen-bond acceptors (Lipinski definition) is 7. The summed E-state index contributed by atoms with van der Waals surface area (Å²) in [5.41, 5.74) is 1.82. The number of rotatable bonds is 9. The van der Waals surface area contributed by atoms with Crippen LogP contribution in [0.2, 0.25) is 0 Å². The van der Waals surface area contributed by atoms with Gasteiger partial charge in [0.15, 0.2) is 5.16 Å². The predicted octanol–water partition coefficient (Wildman–Crippen LogP) is 3.75. The van der Waals surface area contributed by atoms with Crippen LogP contribution >= 0.6 is 23.1 Å².